The Bertz CT molecular complexity index is 462. The summed E-state index contributed by atoms with van der Waals surface area (Å²) in [6.07, 6.45) is 0. The van der Waals surface area contributed by atoms with Crippen LogP contribution in [0.2, 0.25) is 0 Å². The lowest BCUT2D eigenvalue weighted by molar-refractivity contribution is 0.282. The first-order chi connectivity index (χ1) is 6.76. The maximum absolute atomic E-state index is 8.96. The maximum Gasteiger partial charge on any atom is 0.201 e. The van der Waals surface area contributed by atoms with Gasteiger partial charge in [-0.3, -0.25) is 0 Å². The second-order valence-corrected chi connectivity index (χ2v) is 3.20. The normalized spacial score (nSPS) is 11.0. The number of hydrogen-bond acceptors (Lipinski definition) is 3. The standard InChI is InChI=1S/C10H13N3O/c1-2-13-9-4-3-7(6-14)5-8(9)12-10(13)11/h3-5,14H,2,6H2,1H3,(H2,11,12). The van der Waals surface area contributed by atoms with E-state index in [9.17, 15) is 0 Å². The number of nitrogens with two attached hydrogens (primary N) is 1. The first-order valence-corrected chi connectivity index (χ1v) is 4.61. The van der Waals surface area contributed by atoms with Gasteiger partial charge < -0.3 is 15.4 Å². The predicted molar refractivity (Wildman–Crippen MR) is 55.7 cm³/mol. The Morgan fingerprint density at radius 3 is 2.93 bits per heavy atom. The first-order valence-electron chi connectivity index (χ1n) is 4.61. The van der Waals surface area contributed by atoms with Crippen molar-refractivity contribution in [2.75, 3.05) is 5.73 Å². The number of hydrogen-bond donors (Lipinski definition) is 2. The molecule has 0 atom stereocenters. The molecule has 14 heavy (non-hydrogen) atoms. The molecule has 0 aliphatic rings. The fraction of sp³-hybridized carbons (Fsp3) is 0.300. The molecule has 2 aromatic rings. The van der Waals surface area contributed by atoms with Crippen LogP contribution < -0.4 is 5.73 Å². The van der Waals surface area contributed by atoms with Crippen molar-refractivity contribution >= 4 is 17.0 Å². The van der Waals surface area contributed by atoms with E-state index in [1.54, 1.807) is 0 Å². The highest BCUT2D eigenvalue weighted by Gasteiger charge is 2.06. The summed E-state index contributed by atoms with van der Waals surface area (Å²) in [5.74, 6) is 0.526. The van der Waals surface area contributed by atoms with Gasteiger partial charge in [0.05, 0.1) is 17.6 Å². The van der Waals surface area contributed by atoms with Gasteiger partial charge in [-0.15, -0.1) is 0 Å². The van der Waals surface area contributed by atoms with Crippen molar-refractivity contribution in [2.45, 2.75) is 20.1 Å². The van der Waals surface area contributed by atoms with Crippen LogP contribution in [0, 0.1) is 0 Å². The van der Waals surface area contributed by atoms with Crippen LogP contribution in [-0.2, 0) is 13.2 Å². The van der Waals surface area contributed by atoms with Gasteiger partial charge in [0.25, 0.3) is 0 Å². The Morgan fingerprint density at radius 2 is 2.29 bits per heavy atom. The molecular formula is C10H13N3O. The third-order valence-electron chi connectivity index (χ3n) is 2.34. The van der Waals surface area contributed by atoms with Crippen LogP contribution in [0.25, 0.3) is 11.0 Å². The average molecular weight is 191 g/mol. The topological polar surface area (TPSA) is 64.1 Å². The van der Waals surface area contributed by atoms with Gasteiger partial charge in [0.2, 0.25) is 5.95 Å². The van der Waals surface area contributed by atoms with Crippen molar-refractivity contribution in [2.24, 2.45) is 0 Å². The van der Waals surface area contributed by atoms with Crippen LogP contribution in [0.1, 0.15) is 12.5 Å². The Labute approximate surface area is 82.0 Å². The first kappa shape index (κ1) is 9.02. The van der Waals surface area contributed by atoms with Crippen molar-refractivity contribution in [1.82, 2.24) is 9.55 Å². The van der Waals surface area contributed by atoms with E-state index in [1.165, 1.54) is 0 Å². The van der Waals surface area contributed by atoms with Crippen LogP contribution >= 0.6 is 0 Å². The van der Waals surface area contributed by atoms with Crippen molar-refractivity contribution in [3.63, 3.8) is 0 Å². The lowest BCUT2D eigenvalue weighted by Crippen LogP contribution is -2.00. The highest BCUT2D eigenvalue weighted by molar-refractivity contribution is 5.79. The molecule has 1 aromatic heterocycles. The minimum atomic E-state index is 0.0365. The molecule has 3 N–H and O–H groups in total. The Morgan fingerprint density at radius 1 is 1.50 bits per heavy atom. The van der Waals surface area contributed by atoms with E-state index in [0.717, 1.165) is 23.1 Å². The Balaban J connectivity index is 2.68. The second-order valence-electron chi connectivity index (χ2n) is 3.20. The van der Waals surface area contributed by atoms with Gasteiger partial charge in [-0.05, 0) is 24.6 Å². The SMILES string of the molecule is CCn1c(N)nc2cc(CO)ccc21. The fourth-order valence-corrected chi connectivity index (χ4v) is 1.62. The smallest absolute Gasteiger partial charge is 0.201 e. The number of aryl methyl sites for hydroxylation is 1. The summed E-state index contributed by atoms with van der Waals surface area (Å²) in [7, 11) is 0. The minimum absolute atomic E-state index is 0.0365. The molecule has 0 radical (unpaired) electrons. The zero-order valence-corrected chi connectivity index (χ0v) is 8.07. The minimum Gasteiger partial charge on any atom is -0.392 e. The van der Waals surface area contributed by atoms with Gasteiger partial charge in [0, 0.05) is 6.54 Å². The van der Waals surface area contributed by atoms with Gasteiger partial charge in [0.15, 0.2) is 0 Å². The van der Waals surface area contributed by atoms with Crippen LogP contribution in [0.3, 0.4) is 0 Å². The van der Waals surface area contributed by atoms with Crippen LogP contribution in [-0.4, -0.2) is 14.7 Å². The average Bonchev–Trinajstić information content (AvgIpc) is 2.51. The summed E-state index contributed by atoms with van der Waals surface area (Å²) in [6.45, 7) is 2.87. The number of aliphatic hydroxyl groups is 1. The van der Waals surface area contributed by atoms with Gasteiger partial charge in [-0.25, -0.2) is 4.98 Å². The quantitative estimate of drug-likeness (QED) is 0.748. The molecule has 4 nitrogen and oxygen atoms in total. The number of rotatable bonds is 2. The molecule has 74 valence electrons. The van der Waals surface area contributed by atoms with Gasteiger partial charge in [-0.1, -0.05) is 6.07 Å². The second kappa shape index (κ2) is 3.31. The van der Waals surface area contributed by atoms with E-state index < -0.39 is 0 Å². The lowest BCUT2D eigenvalue weighted by Gasteiger charge is -2.01. The molecule has 0 amide bonds. The molecule has 1 aromatic carbocycles. The number of nitrogen functional groups attached to an aromatic ring is 1. The molecule has 0 aliphatic heterocycles. The summed E-state index contributed by atoms with van der Waals surface area (Å²) < 4.78 is 1.94. The van der Waals surface area contributed by atoms with E-state index in [4.69, 9.17) is 10.8 Å². The Hall–Kier alpha value is -1.55. The monoisotopic (exact) mass is 191 g/mol. The molecule has 0 aliphatic carbocycles. The third kappa shape index (κ3) is 1.24. The van der Waals surface area contributed by atoms with Crippen molar-refractivity contribution in [3.8, 4) is 0 Å². The number of benzene rings is 1. The maximum atomic E-state index is 8.96. The Kier molecular flexibility index (Phi) is 2.13. The van der Waals surface area contributed by atoms with E-state index in [0.29, 0.717) is 5.95 Å². The number of nitrogens with zero attached hydrogens (tertiary/aromatic N) is 2. The zero-order valence-electron chi connectivity index (χ0n) is 8.07. The molecule has 1 heterocycles. The molecule has 0 fully saturated rings. The molecule has 0 spiro atoms. The zero-order chi connectivity index (χ0) is 10.1. The van der Waals surface area contributed by atoms with E-state index in [-0.39, 0.29) is 6.61 Å². The van der Waals surface area contributed by atoms with Crippen LogP contribution in [0.5, 0.6) is 0 Å². The van der Waals surface area contributed by atoms with Crippen molar-refractivity contribution in [3.05, 3.63) is 23.8 Å². The molecule has 0 saturated carbocycles. The number of anilines is 1. The molecule has 4 heteroatoms. The molecule has 2 rings (SSSR count). The summed E-state index contributed by atoms with van der Waals surface area (Å²) >= 11 is 0. The predicted octanol–water partition coefficient (Wildman–Crippen LogP) is 1.13. The molecular weight excluding hydrogens is 178 g/mol. The number of aromatic nitrogens is 2. The number of aliphatic hydroxyl groups excluding tert-OH is 1. The summed E-state index contributed by atoms with van der Waals surface area (Å²) in [5, 5.41) is 8.96. The largest absolute Gasteiger partial charge is 0.392 e. The van der Waals surface area contributed by atoms with Gasteiger partial charge >= 0.3 is 0 Å². The van der Waals surface area contributed by atoms with E-state index >= 15 is 0 Å². The van der Waals surface area contributed by atoms with Crippen LogP contribution in [0.15, 0.2) is 18.2 Å². The van der Waals surface area contributed by atoms with Crippen LogP contribution in [0.4, 0.5) is 5.95 Å². The lowest BCUT2D eigenvalue weighted by atomic mass is 10.2. The van der Waals surface area contributed by atoms with E-state index in [1.807, 2.05) is 29.7 Å². The fourth-order valence-electron chi connectivity index (χ4n) is 1.62. The summed E-state index contributed by atoms with van der Waals surface area (Å²) in [5.41, 5.74) is 8.46. The summed E-state index contributed by atoms with van der Waals surface area (Å²) in [6, 6.07) is 5.68. The number of fused-ring (bicyclic) bond motifs is 1. The highest BCUT2D eigenvalue weighted by atomic mass is 16.3. The van der Waals surface area contributed by atoms with Crippen molar-refractivity contribution in [1.29, 1.82) is 0 Å². The molecule has 0 unspecified atom stereocenters. The van der Waals surface area contributed by atoms with E-state index in [2.05, 4.69) is 4.98 Å². The molecule has 0 saturated heterocycles. The summed E-state index contributed by atoms with van der Waals surface area (Å²) in [4.78, 5) is 4.22. The molecule has 0 bridgehead atoms. The highest BCUT2D eigenvalue weighted by Crippen LogP contribution is 2.18. The van der Waals surface area contributed by atoms with Crippen molar-refractivity contribution < 1.29 is 5.11 Å². The van der Waals surface area contributed by atoms with Gasteiger partial charge in [0.1, 0.15) is 0 Å². The third-order valence-corrected chi connectivity index (χ3v) is 2.34. The number of imidazole rings is 1. The van der Waals surface area contributed by atoms with Gasteiger partial charge in [-0.2, -0.15) is 0 Å².